The summed E-state index contributed by atoms with van der Waals surface area (Å²) >= 11 is 0. The Morgan fingerprint density at radius 2 is 2.00 bits per heavy atom. The lowest BCUT2D eigenvalue weighted by molar-refractivity contribution is -0.117. The van der Waals surface area contributed by atoms with Crippen molar-refractivity contribution in [3.05, 3.63) is 35.4 Å². The van der Waals surface area contributed by atoms with Gasteiger partial charge in [0.25, 0.3) is 0 Å². The minimum atomic E-state index is -0.342. The van der Waals surface area contributed by atoms with Crippen molar-refractivity contribution in [1.82, 2.24) is 0 Å². The highest BCUT2D eigenvalue weighted by molar-refractivity contribution is 5.81. The number of ketones is 1. The average Bonchev–Trinajstić information content (AvgIpc) is 2.86. The maximum atomic E-state index is 11.3. The van der Waals surface area contributed by atoms with Gasteiger partial charge in [0.1, 0.15) is 5.78 Å². The molecule has 2 unspecified atom stereocenters. The third-order valence-electron chi connectivity index (χ3n) is 4.12. The van der Waals surface area contributed by atoms with Gasteiger partial charge in [-0.25, -0.2) is 0 Å². The van der Waals surface area contributed by atoms with E-state index in [1.165, 1.54) is 18.4 Å². The number of aliphatic hydroxyl groups excluding tert-OH is 1. The van der Waals surface area contributed by atoms with Gasteiger partial charge >= 0.3 is 0 Å². The normalized spacial score (nSPS) is 20.7. The van der Waals surface area contributed by atoms with Crippen molar-refractivity contribution >= 4 is 5.78 Å². The molecule has 0 spiro atoms. The van der Waals surface area contributed by atoms with Gasteiger partial charge < -0.3 is 5.11 Å². The number of aliphatic hydroxyl groups is 1. The molecule has 0 bridgehead atoms. The van der Waals surface area contributed by atoms with Crippen LogP contribution in [0.4, 0.5) is 0 Å². The molecule has 2 atom stereocenters. The van der Waals surface area contributed by atoms with E-state index in [1.54, 1.807) is 0 Å². The van der Waals surface area contributed by atoms with E-state index >= 15 is 0 Å². The van der Waals surface area contributed by atoms with E-state index in [-0.39, 0.29) is 6.10 Å². The van der Waals surface area contributed by atoms with Crippen LogP contribution in [-0.4, -0.2) is 10.9 Å². The third-order valence-corrected chi connectivity index (χ3v) is 4.12. The quantitative estimate of drug-likeness (QED) is 0.781. The summed E-state index contributed by atoms with van der Waals surface area (Å²) in [6, 6.07) is 8.22. The lowest BCUT2D eigenvalue weighted by atomic mass is 9.95. The largest absolute Gasteiger partial charge is 0.388 e. The van der Waals surface area contributed by atoms with Gasteiger partial charge in [-0.3, -0.25) is 4.79 Å². The van der Waals surface area contributed by atoms with Crippen LogP contribution in [0.2, 0.25) is 0 Å². The molecule has 1 fully saturated rings. The molecule has 1 aliphatic rings. The number of hydrogen-bond donors (Lipinski definition) is 1. The lowest BCUT2D eigenvalue weighted by Crippen LogP contribution is -1.99. The highest BCUT2D eigenvalue weighted by Gasteiger charge is 2.23. The number of carbonyl (C=O) groups is 1. The molecule has 1 saturated carbocycles. The van der Waals surface area contributed by atoms with E-state index in [1.807, 2.05) is 12.1 Å². The summed E-state index contributed by atoms with van der Waals surface area (Å²) in [7, 11) is 0. The highest BCUT2D eigenvalue weighted by atomic mass is 16.3. The summed E-state index contributed by atoms with van der Waals surface area (Å²) in [5.41, 5.74) is 2.25. The summed E-state index contributed by atoms with van der Waals surface area (Å²) in [5, 5.41) is 10.1. The molecule has 0 amide bonds. The zero-order chi connectivity index (χ0) is 13.7. The fraction of sp³-hybridized carbons (Fsp3) is 0.588. The molecule has 1 N–H and O–H groups in total. The van der Waals surface area contributed by atoms with Gasteiger partial charge in [-0.15, -0.1) is 0 Å². The van der Waals surface area contributed by atoms with Crippen LogP contribution >= 0.6 is 0 Å². The summed E-state index contributed by atoms with van der Waals surface area (Å²) in [6.45, 7) is 2.17. The molecule has 0 aliphatic heterocycles. The predicted molar refractivity (Wildman–Crippen MR) is 77.1 cm³/mol. The molecule has 0 heterocycles. The summed E-state index contributed by atoms with van der Waals surface area (Å²) in [6.07, 6.45) is 6.35. The second-order valence-corrected chi connectivity index (χ2v) is 5.66. The number of benzene rings is 1. The van der Waals surface area contributed by atoms with Crippen LogP contribution in [0, 0.1) is 0 Å². The minimum absolute atomic E-state index is 0.342. The Balaban J connectivity index is 1.92. The average molecular weight is 260 g/mol. The maximum Gasteiger partial charge on any atom is 0.133 e. The SMILES string of the molecule is CCCCCC(O)c1ccc(C2CCC(=O)C2)cc1. The Morgan fingerprint density at radius 1 is 1.26 bits per heavy atom. The van der Waals surface area contributed by atoms with Gasteiger partial charge in [-0.2, -0.15) is 0 Å². The molecule has 2 heteroatoms. The number of unbranched alkanes of at least 4 members (excludes halogenated alkanes) is 2. The summed E-state index contributed by atoms with van der Waals surface area (Å²) in [4.78, 5) is 11.3. The van der Waals surface area contributed by atoms with E-state index < -0.39 is 0 Å². The number of hydrogen-bond acceptors (Lipinski definition) is 2. The van der Waals surface area contributed by atoms with Crippen LogP contribution in [0.15, 0.2) is 24.3 Å². The maximum absolute atomic E-state index is 11.3. The number of rotatable bonds is 6. The first kappa shape index (κ1) is 14.3. The van der Waals surface area contributed by atoms with E-state index in [2.05, 4.69) is 19.1 Å². The zero-order valence-electron chi connectivity index (χ0n) is 11.8. The molecule has 2 rings (SSSR count). The Bertz CT molecular complexity index is 408. The smallest absolute Gasteiger partial charge is 0.133 e. The van der Waals surface area contributed by atoms with Crippen LogP contribution < -0.4 is 0 Å². The fourth-order valence-electron chi connectivity index (χ4n) is 2.84. The Morgan fingerprint density at radius 3 is 2.58 bits per heavy atom. The van der Waals surface area contributed by atoms with E-state index in [4.69, 9.17) is 0 Å². The first-order valence-electron chi connectivity index (χ1n) is 7.50. The van der Waals surface area contributed by atoms with Crippen LogP contribution in [0.1, 0.15) is 75.0 Å². The van der Waals surface area contributed by atoms with Crippen molar-refractivity contribution < 1.29 is 9.90 Å². The van der Waals surface area contributed by atoms with Crippen LogP contribution in [0.3, 0.4) is 0 Å². The van der Waals surface area contributed by atoms with Crippen molar-refractivity contribution in [3.8, 4) is 0 Å². The summed E-state index contributed by atoms with van der Waals surface area (Å²) < 4.78 is 0. The van der Waals surface area contributed by atoms with Crippen LogP contribution in [0.5, 0.6) is 0 Å². The molecule has 0 aromatic heterocycles. The molecular formula is C17H24O2. The molecule has 0 radical (unpaired) electrons. The third kappa shape index (κ3) is 3.90. The molecule has 2 nitrogen and oxygen atoms in total. The Hall–Kier alpha value is -1.15. The van der Waals surface area contributed by atoms with E-state index in [0.29, 0.717) is 18.1 Å². The lowest BCUT2D eigenvalue weighted by Gasteiger charge is -2.13. The minimum Gasteiger partial charge on any atom is -0.388 e. The van der Waals surface area contributed by atoms with Crippen molar-refractivity contribution in [2.45, 2.75) is 63.9 Å². The van der Waals surface area contributed by atoms with Crippen LogP contribution in [0.25, 0.3) is 0 Å². The van der Waals surface area contributed by atoms with E-state index in [9.17, 15) is 9.90 Å². The van der Waals surface area contributed by atoms with Gasteiger partial charge in [0.2, 0.25) is 0 Å². The second-order valence-electron chi connectivity index (χ2n) is 5.66. The highest BCUT2D eigenvalue weighted by Crippen LogP contribution is 2.32. The predicted octanol–water partition coefficient (Wildman–Crippen LogP) is 4.14. The number of Topliss-reactive ketones (excluding diaryl/α,β-unsaturated/α-hetero) is 1. The van der Waals surface area contributed by atoms with E-state index in [0.717, 1.165) is 31.2 Å². The van der Waals surface area contributed by atoms with Crippen molar-refractivity contribution in [1.29, 1.82) is 0 Å². The Labute approximate surface area is 115 Å². The molecule has 19 heavy (non-hydrogen) atoms. The first-order chi connectivity index (χ1) is 9.20. The first-order valence-corrected chi connectivity index (χ1v) is 7.50. The standard InChI is InChI=1S/C17H24O2/c1-2-3-4-5-17(19)14-8-6-13(7-9-14)15-10-11-16(18)12-15/h6-9,15,17,19H,2-5,10-12H2,1H3. The van der Waals surface area contributed by atoms with Gasteiger partial charge in [0, 0.05) is 12.8 Å². The molecule has 104 valence electrons. The van der Waals surface area contributed by atoms with Gasteiger partial charge in [-0.05, 0) is 29.9 Å². The van der Waals surface area contributed by atoms with Gasteiger partial charge in [0.05, 0.1) is 6.10 Å². The molecule has 1 aliphatic carbocycles. The zero-order valence-corrected chi connectivity index (χ0v) is 11.8. The van der Waals surface area contributed by atoms with Crippen molar-refractivity contribution in [2.75, 3.05) is 0 Å². The molecule has 1 aromatic rings. The van der Waals surface area contributed by atoms with Crippen molar-refractivity contribution in [2.24, 2.45) is 0 Å². The number of carbonyl (C=O) groups excluding carboxylic acids is 1. The van der Waals surface area contributed by atoms with Gasteiger partial charge in [0.15, 0.2) is 0 Å². The molecule has 0 saturated heterocycles. The molecular weight excluding hydrogens is 236 g/mol. The monoisotopic (exact) mass is 260 g/mol. The Kier molecular flexibility index (Phi) is 5.15. The fourth-order valence-corrected chi connectivity index (χ4v) is 2.84. The summed E-state index contributed by atoms with van der Waals surface area (Å²) in [5.74, 6) is 0.785. The van der Waals surface area contributed by atoms with Crippen LogP contribution in [-0.2, 0) is 4.79 Å². The topological polar surface area (TPSA) is 37.3 Å². The molecule has 1 aromatic carbocycles. The van der Waals surface area contributed by atoms with Gasteiger partial charge in [-0.1, -0.05) is 50.5 Å². The van der Waals surface area contributed by atoms with Crippen molar-refractivity contribution in [3.63, 3.8) is 0 Å². The second kappa shape index (κ2) is 6.85.